The third-order valence-electron chi connectivity index (χ3n) is 3.64. The number of aryl methyl sites for hydroxylation is 1. The highest BCUT2D eigenvalue weighted by molar-refractivity contribution is 5.26. The van der Waals surface area contributed by atoms with Crippen molar-refractivity contribution in [2.75, 3.05) is 6.61 Å². The summed E-state index contributed by atoms with van der Waals surface area (Å²) in [6, 6.07) is 2.56. The summed E-state index contributed by atoms with van der Waals surface area (Å²) >= 11 is 0. The molecule has 0 aliphatic carbocycles. The standard InChI is InChI=1S/C13H24N2O/c1-9(8-16)11(3)14-7-13-6-10(2)15(5)12(13)4/h6,9,11,14,16H,7-8H2,1-5H3. The first-order valence-corrected chi connectivity index (χ1v) is 5.93. The smallest absolute Gasteiger partial charge is 0.0471 e. The summed E-state index contributed by atoms with van der Waals surface area (Å²) in [5.41, 5.74) is 3.95. The molecule has 1 aromatic rings. The van der Waals surface area contributed by atoms with Crippen molar-refractivity contribution >= 4 is 0 Å². The highest BCUT2D eigenvalue weighted by Gasteiger charge is 2.12. The minimum Gasteiger partial charge on any atom is -0.396 e. The monoisotopic (exact) mass is 224 g/mol. The molecule has 0 aliphatic rings. The van der Waals surface area contributed by atoms with E-state index in [9.17, 15) is 0 Å². The second-order valence-electron chi connectivity index (χ2n) is 4.78. The van der Waals surface area contributed by atoms with E-state index in [4.69, 9.17) is 5.11 Å². The Labute approximate surface area is 98.5 Å². The summed E-state index contributed by atoms with van der Waals surface area (Å²) in [5, 5.41) is 12.5. The largest absolute Gasteiger partial charge is 0.396 e. The molecule has 2 atom stereocenters. The molecular formula is C13H24N2O. The molecule has 1 heterocycles. The summed E-state index contributed by atoms with van der Waals surface area (Å²) in [5.74, 6) is 0.296. The molecule has 3 heteroatoms. The van der Waals surface area contributed by atoms with Gasteiger partial charge in [0.1, 0.15) is 0 Å². The van der Waals surface area contributed by atoms with Crippen LogP contribution in [-0.2, 0) is 13.6 Å². The average Bonchev–Trinajstić information content (AvgIpc) is 2.52. The van der Waals surface area contributed by atoms with Gasteiger partial charge in [0.25, 0.3) is 0 Å². The van der Waals surface area contributed by atoms with Crippen LogP contribution in [-0.4, -0.2) is 22.3 Å². The van der Waals surface area contributed by atoms with Crippen molar-refractivity contribution < 1.29 is 5.11 Å². The number of rotatable bonds is 5. The summed E-state index contributed by atoms with van der Waals surface area (Å²) in [6.45, 7) is 9.55. The SMILES string of the molecule is Cc1cc(CNC(C)C(C)CO)c(C)n1C. The second-order valence-corrected chi connectivity index (χ2v) is 4.78. The Morgan fingerprint density at radius 3 is 2.44 bits per heavy atom. The molecule has 0 bridgehead atoms. The third-order valence-corrected chi connectivity index (χ3v) is 3.64. The van der Waals surface area contributed by atoms with Crippen LogP contribution in [0, 0.1) is 19.8 Å². The van der Waals surface area contributed by atoms with E-state index in [0.29, 0.717) is 12.0 Å². The van der Waals surface area contributed by atoms with Gasteiger partial charge in [-0.15, -0.1) is 0 Å². The molecule has 1 rings (SSSR count). The highest BCUT2D eigenvalue weighted by Crippen LogP contribution is 2.13. The summed E-state index contributed by atoms with van der Waals surface area (Å²) in [4.78, 5) is 0. The Bertz CT molecular complexity index is 344. The van der Waals surface area contributed by atoms with Gasteiger partial charge in [0, 0.05) is 37.6 Å². The maximum atomic E-state index is 9.06. The molecule has 0 aromatic carbocycles. The molecule has 0 radical (unpaired) electrons. The highest BCUT2D eigenvalue weighted by atomic mass is 16.3. The van der Waals surface area contributed by atoms with Gasteiger partial charge in [0.2, 0.25) is 0 Å². The summed E-state index contributed by atoms with van der Waals surface area (Å²) in [7, 11) is 2.09. The fraction of sp³-hybridized carbons (Fsp3) is 0.692. The molecule has 16 heavy (non-hydrogen) atoms. The summed E-state index contributed by atoms with van der Waals surface area (Å²) in [6.07, 6.45) is 0. The molecule has 1 aromatic heterocycles. The minimum absolute atomic E-state index is 0.237. The van der Waals surface area contributed by atoms with Crippen LogP contribution in [0.4, 0.5) is 0 Å². The number of aliphatic hydroxyl groups is 1. The molecule has 0 saturated heterocycles. The van der Waals surface area contributed by atoms with E-state index in [1.807, 2.05) is 0 Å². The first-order chi connectivity index (χ1) is 7.47. The van der Waals surface area contributed by atoms with Gasteiger partial charge in [-0.25, -0.2) is 0 Å². The number of aromatic nitrogens is 1. The Kier molecular flexibility index (Phi) is 4.56. The number of aliphatic hydroxyl groups excluding tert-OH is 1. The molecule has 92 valence electrons. The Morgan fingerprint density at radius 2 is 2.00 bits per heavy atom. The second kappa shape index (κ2) is 5.51. The van der Waals surface area contributed by atoms with Crippen LogP contribution < -0.4 is 5.32 Å². The van der Waals surface area contributed by atoms with Gasteiger partial charge in [-0.1, -0.05) is 6.92 Å². The predicted molar refractivity (Wildman–Crippen MR) is 67.4 cm³/mol. The van der Waals surface area contributed by atoms with Crippen molar-refractivity contribution in [2.24, 2.45) is 13.0 Å². The van der Waals surface area contributed by atoms with Gasteiger partial charge < -0.3 is 15.0 Å². The van der Waals surface area contributed by atoms with Gasteiger partial charge in [0.15, 0.2) is 0 Å². The number of nitrogens with one attached hydrogen (secondary N) is 1. The molecule has 0 amide bonds. The van der Waals surface area contributed by atoms with Crippen molar-refractivity contribution in [1.82, 2.24) is 9.88 Å². The lowest BCUT2D eigenvalue weighted by molar-refractivity contribution is 0.207. The zero-order valence-electron chi connectivity index (χ0n) is 11.0. The lowest BCUT2D eigenvalue weighted by Crippen LogP contribution is -2.33. The molecule has 0 saturated carbocycles. The van der Waals surface area contributed by atoms with Crippen LogP contribution >= 0.6 is 0 Å². The maximum Gasteiger partial charge on any atom is 0.0471 e. The van der Waals surface area contributed by atoms with Gasteiger partial charge >= 0.3 is 0 Å². The Morgan fingerprint density at radius 1 is 1.38 bits per heavy atom. The average molecular weight is 224 g/mol. The van der Waals surface area contributed by atoms with Crippen molar-refractivity contribution in [3.05, 3.63) is 23.0 Å². The first kappa shape index (κ1) is 13.3. The van der Waals surface area contributed by atoms with Crippen LogP contribution in [0.15, 0.2) is 6.07 Å². The molecule has 0 aliphatic heterocycles. The lowest BCUT2D eigenvalue weighted by Gasteiger charge is -2.19. The first-order valence-electron chi connectivity index (χ1n) is 5.93. The Balaban J connectivity index is 2.58. The van der Waals surface area contributed by atoms with Crippen molar-refractivity contribution in [2.45, 2.75) is 40.3 Å². The van der Waals surface area contributed by atoms with Crippen LogP contribution in [0.1, 0.15) is 30.8 Å². The molecule has 0 spiro atoms. The number of nitrogens with zero attached hydrogens (tertiary/aromatic N) is 1. The zero-order chi connectivity index (χ0) is 12.3. The van der Waals surface area contributed by atoms with Gasteiger partial charge in [0.05, 0.1) is 0 Å². The van der Waals surface area contributed by atoms with Crippen molar-refractivity contribution in [3.8, 4) is 0 Å². The quantitative estimate of drug-likeness (QED) is 0.799. The van der Waals surface area contributed by atoms with Gasteiger partial charge in [-0.05, 0) is 38.3 Å². The van der Waals surface area contributed by atoms with E-state index in [1.165, 1.54) is 17.0 Å². The van der Waals surface area contributed by atoms with Gasteiger partial charge in [-0.2, -0.15) is 0 Å². The fourth-order valence-electron chi connectivity index (χ4n) is 1.74. The lowest BCUT2D eigenvalue weighted by atomic mass is 10.0. The van der Waals surface area contributed by atoms with Gasteiger partial charge in [-0.3, -0.25) is 0 Å². The van der Waals surface area contributed by atoms with E-state index < -0.39 is 0 Å². The zero-order valence-corrected chi connectivity index (χ0v) is 11.0. The molecule has 2 unspecified atom stereocenters. The van der Waals surface area contributed by atoms with E-state index in [0.717, 1.165) is 6.54 Å². The molecule has 0 fully saturated rings. The number of hydrogen-bond acceptors (Lipinski definition) is 2. The number of hydrogen-bond donors (Lipinski definition) is 2. The van der Waals surface area contributed by atoms with E-state index in [1.54, 1.807) is 0 Å². The summed E-state index contributed by atoms with van der Waals surface area (Å²) < 4.78 is 2.21. The molecule has 2 N–H and O–H groups in total. The fourth-order valence-corrected chi connectivity index (χ4v) is 1.74. The van der Waals surface area contributed by atoms with Crippen LogP contribution in [0.2, 0.25) is 0 Å². The predicted octanol–water partition coefficient (Wildman–Crippen LogP) is 1.75. The van der Waals surface area contributed by atoms with Crippen LogP contribution in [0.5, 0.6) is 0 Å². The topological polar surface area (TPSA) is 37.2 Å². The maximum absolute atomic E-state index is 9.06. The van der Waals surface area contributed by atoms with Crippen molar-refractivity contribution in [1.29, 1.82) is 0 Å². The third kappa shape index (κ3) is 2.86. The van der Waals surface area contributed by atoms with E-state index in [-0.39, 0.29) is 6.61 Å². The normalized spacial score (nSPS) is 15.1. The molecule has 3 nitrogen and oxygen atoms in total. The van der Waals surface area contributed by atoms with E-state index in [2.05, 4.69) is 50.7 Å². The Hall–Kier alpha value is -0.800. The minimum atomic E-state index is 0.237. The van der Waals surface area contributed by atoms with Crippen LogP contribution in [0.3, 0.4) is 0 Å². The van der Waals surface area contributed by atoms with E-state index >= 15 is 0 Å². The molecular weight excluding hydrogens is 200 g/mol. The van der Waals surface area contributed by atoms with Crippen molar-refractivity contribution in [3.63, 3.8) is 0 Å². The van der Waals surface area contributed by atoms with Crippen LogP contribution in [0.25, 0.3) is 0 Å².